The maximum absolute atomic E-state index is 13.1. The van der Waals surface area contributed by atoms with Gasteiger partial charge in [-0.05, 0) is 45.0 Å². The number of aryl methyl sites for hydroxylation is 2. The first-order valence-electron chi connectivity index (χ1n) is 8.06. The molecule has 0 saturated carbocycles. The van der Waals surface area contributed by atoms with Crippen molar-refractivity contribution in [3.8, 4) is 5.69 Å². The summed E-state index contributed by atoms with van der Waals surface area (Å²) in [7, 11) is 0. The third-order valence-electron chi connectivity index (χ3n) is 4.05. The van der Waals surface area contributed by atoms with Gasteiger partial charge in [0.15, 0.2) is 11.2 Å². The molecule has 0 saturated heterocycles. The van der Waals surface area contributed by atoms with E-state index in [1.54, 1.807) is 23.7 Å². The van der Waals surface area contributed by atoms with Gasteiger partial charge in [0.25, 0.3) is 5.91 Å². The lowest BCUT2D eigenvalue weighted by atomic mass is 10.2. The van der Waals surface area contributed by atoms with Crippen molar-refractivity contribution < 1.29 is 13.6 Å². The van der Waals surface area contributed by atoms with E-state index in [2.05, 4.69) is 10.4 Å². The van der Waals surface area contributed by atoms with Gasteiger partial charge in [-0.1, -0.05) is 0 Å². The van der Waals surface area contributed by atoms with Crippen LogP contribution in [0.4, 0.5) is 4.39 Å². The van der Waals surface area contributed by atoms with E-state index in [-0.39, 0.29) is 23.6 Å². The van der Waals surface area contributed by atoms with E-state index in [0.717, 1.165) is 28.7 Å². The first kappa shape index (κ1) is 17.6. The number of benzene rings is 1. The number of carbonyl (C=O) groups excluding carboxylic acids is 1. The van der Waals surface area contributed by atoms with Gasteiger partial charge in [-0.2, -0.15) is 5.10 Å². The molecule has 3 aromatic rings. The Morgan fingerprint density at radius 1 is 1.19 bits per heavy atom. The molecule has 26 heavy (non-hydrogen) atoms. The van der Waals surface area contributed by atoms with Crippen LogP contribution in [0.3, 0.4) is 0 Å². The van der Waals surface area contributed by atoms with Crippen molar-refractivity contribution in [2.45, 2.75) is 27.3 Å². The SMILES string of the molecule is Cc1cc(=O)cc(C(=O)NCc2c(C)nn(-c3ccc(F)cc3)c2C)o1. The van der Waals surface area contributed by atoms with Gasteiger partial charge in [-0.25, -0.2) is 9.07 Å². The van der Waals surface area contributed by atoms with Crippen LogP contribution in [0.5, 0.6) is 0 Å². The molecule has 3 rings (SSSR count). The first-order valence-corrected chi connectivity index (χ1v) is 8.06. The minimum absolute atomic E-state index is 0.0313. The Morgan fingerprint density at radius 3 is 2.54 bits per heavy atom. The molecule has 0 aliphatic rings. The molecular formula is C19H18FN3O3. The minimum Gasteiger partial charge on any atom is -0.456 e. The van der Waals surface area contributed by atoms with Crippen LogP contribution in [-0.2, 0) is 6.54 Å². The zero-order valence-electron chi connectivity index (χ0n) is 14.7. The number of aromatic nitrogens is 2. The lowest BCUT2D eigenvalue weighted by molar-refractivity contribution is 0.0919. The number of rotatable bonds is 4. The van der Waals surface area contributed by atoms with Gasteiger partial charge in [0.2, 0.25) is 0 Å². The van der Waals surface area contributed by atoms with Crippen molar-refractivity contribution >= 4 is 5.91 Å². The highest BCUT2D eigenvalue weighted by atomic mass is 19.1. The zero-order chi connectivity index (χ0) is 18.8. The van der Waals surface area contributed by atoms with Crippen LogP contribution in [0.15, 0.2) is 45.6 Å². The number of nitrogens with zero attached hydrogens (tertiary/aromatic N) is 2. The fourth-order valence-corrected chi connectivity index (χ4v) is 2.74. The average molecular weight is 355 g/mol. The highest BCUT2D eigenvalue weighted by molar-refractivity contribution is 5.91. The highest BCUT2D eigenvalue weighted by Gasteiger charge is 2.15. The Labute approximate surface area is 149 Å². The summed E-state index contributed by atoms with van der Waals surface area (Å²) in [6, 6.07) is 8.48. The molecule has 0 radical (unpaired) electrons. The number of amides is 1. The Morgan fingerprint density at radius 2 is 1.88 bits per heavy atom. The molecule has 0 aliphatic carbocycles. The van der Waals surface area contributed by atoms with Crippen molar-refractivity contribution in [2.75, 3.05) is 0 Å². The molecule has 0 fully saturated rings. The number of carbonyl (C=O) groups is 1. The second-order valence-corrected chi connectivity index (χ2v) is 5.99. The fourth-order valence-electron chi connectivity index (χ4n) is 2.74. The van der Waals surface area contributed by atoms with Gasteiger partial charge in [-0.3, -0.25) is 9.59 Å². The molecule has 0 aliphatic heterocycles. The van der Waals surface area contributed by atoms with Crippen LogP contribution in [0.1, 0.15) is 33.3 Å². The molecular weight excluding hydrogens is 337 g/mol. The van der Waals surface area contributed by atoms with Gasteiger partial charge in [-0.15, -0.1) is 0 Å². The Bertz CT molecular complexity index is 1020. The van der Waals surface area contributed by atoms with Crippen molar-refractivity contribution in [1.82, 2.24) is 15.1 Å². The van der Waals surface area contributed by atoms with E-state index >= 15 is 0 Å². The summed E-state index contributed by atoms with van der Waals surface area (Å²) in [6.07, 6.45) is 0. The van der Waals surface area contributed by atoms with E-state index in [1.165, 1.54) is 18.2 Å². The summed E-state index contributed by atoms with van der Waals surface area (Å²) in [5.41, 5.74) is 2.88. The summed E-state index contributed by atoms with van der Waals surface area (Å²) in [5.74, 6) is -0.447. The van der Waals surface area contributed by atoms with Gasteiger partial charge in [0, 0.05) is 29.9 Å². The van der Waals surface area contributed by atoms with Crippen molar-refractivity contribution in [3.05, 3.63) is 80.9 Å². The lowest BCUT2D eigenvalue weighted by Crippen LogP contribution is -2.24. The predicted octanol–water partition coefficient (Wildman–Crippen LogP) is 2.82. The normalized spacial score (nSPS) is 10.8. The maximum atomic E-state index is 13.1. The standard InChI is InChI=1S/C19H18FN3O3/c1-11-8-16(24)9-18(26-11)19(25)21-10-17-12(2)22-23(13(17)3)15-6-4-14(20)5-7-15/h4-9H,10H2,1-3H3,(H,21,25). The van der Waals surface area contributed by atoms with Gasteiger partial charge < -0.3 is 9.73 Å². The maximum Gasteiger partial charge on any atom is 0.287 e. The van der Waals surface area contributed by atoms with Crippen molar-refractivity contribution in [3.63, 3.8) is 0 Å². The lowest BCUT2D eigenvalue weighted by Gasteiger charge is -2.07. The summed E-state index contributed by atoms with van der Waals surface area (Å²) >= 11 is 0. The molecule has 0 spiro atoms. The second kappa shape index (κ2) is 6.95. The van der Waals surface area contributed by atoms with Crippen LogP contribution in [0.25, 0.3) is 5.69 Å². The van der Waals surface area contributed by atoms with E-state index in [1.807, 2.05) is 13.8 Å². The number of hydrogen-bond donors (Lipinski definition) is 1. The van der Waals surface area contributed by atoms with Crippen molar-refractivity contribution in [2.24, 2.45) is 0 Å². The molecule has 134 valence electrons. The van der Waals surface area contributed by atoms with E-state index in [9.17, 15) is 14.0 Å². The fraction of sp³-hybridized carbons (Fsp3) is 0.211. The number of hydrogen-bond acceptors (Lipinski definition) is 4. The minimum atomic E-state index is -0.473. The van der Waals surface area contributed by atoms with Crippen LogP contribution in [0, 0.1) is 26.6 Å². The van der Waals surface area contributed by atoms with Crippen LogP contribution in [-0.4, -0.2) is 15.7 Å². The van der Waals surface area contributed by atoms with E-state index in [4.69, 9.17) is 4.42 Å². The second-order valence-electron chi connectivity index (χ2n) is 5.99. The number of nitrogens with one attached hydrogen (secondary N) is 1. The van der Waals surface area contributed by atoms with Crippen LogP contribution in [0.2, 0.25) is 0 Å². The molecule has 0 atom stereocenters. The van der Waals surface area contributed by atoms with Gasteiger partial charge >= 0.3 is 0 Å². The highest BCUT2D eigenvalue weighted by Crippen LogP contribution is 2.18. The van der Waals surface area contributed by atoms with Gasteiger partial charge in [0.05, 0.1) is 11.4 Å². The average Bonchev–Trinajstić information content (AvgIpc) is 2.87. The Kier molecular flexibility index (Phi) is 4.71. The third kappa shape index (κ3) is 3.56. The summed E-state index contributed by atoms with van der Waals surface area (Å²) in [4.78, 5) is 23.7. The number of halogens is 1. The first-order chi connectivity index (χ1) is 12.3. The molecule has 1 aromatic carbocycles. The monoisotopic (exact) mass is 355 g/mol. The molecule has 1 N–H and O–H groups in total. The van der Waals surface area contributed by atoms with Crippen molar-refractivity contribution in [1.29, 1.82) is 0 Å². The topological polar surface area (TPSA) is 77.1 Å². The smallest absolute Gasteiger partial charge is 0.287 e. The van der Waals surface area contributed by atoms with Crippen LogP contribution < -0.4 is 10.7 Å². The van der Waals surface area contributed by atoms with E-state index < -0.39 is 5.91 Å². The summed E-state index contributed by atoms with van der Waals surface area (Å²) in [5, 5.41) is 7.20. The van der Waals surface area contributed by atoms with Gasteiger partial charge in [0.1, 0.15) is 11.6 Å². The molecule has 0 unspecified atom stereocenters. The molecule has 2 aromatic heterocycles. The molecule has 1 amide bonds. The Balaban J connectivity index is 1.81. The Hall–Kier alpha value is -3.22. The van der Waals surface area contributed by atoms with E-state index in [0.29, 0.717) is 5.76 Å². The zero-order valence-corrected chi connectivity index (χ0v) is 14.7. The summed E-state index contributed by atoms with van der Waals surface area (Å²) < 4.78 is 20.1. The largest absolute Gasteiger partial charge is 0.456 e. The third-order valence-corrected chi connectivity index (χ3v) is 4.05. The molecule has 6 nitrogen and oxygen atoms in total. The molecule has 7 heteroatoms. The predicted molar refractivity (Wildman–Crippen MR) is 93.9 cm³/mol. The quantitative estimate of drug-likeness (QED) is 0.781. The molecule has 0 bridgehead atoms. The van der Waals surface area contributed by atoms with Crippen LogP contribution >= 0.6 is 0 Å². The molecule has 2 heterocycles. The summed E-state index contributed by atoms with van der Waals surface area (Å²) in [6.45, 7) is 5.55.